The molecular formula is C39H47N5O3. The number of nitrogens with one attached hydrogen (secondary N) is 1. The third-order valence-corrected chi connectivity index (χ3v) is 10.4. The predicted octanol–water partition coefficient (Wildman–Crippen LogP) is 7.94. The Hall–Kier alpha value is -4.46. The van der Waals surface area contributed by atoms with Gasteiger partial charge in [0.05, 0.1) is 29.6 Å². The summed E-state index contributed by atoms with van der Waals surface area (Å²) in [4.78, 5) is 32.3. The van der Waals surface area contributed by atoms with E-state index in [1.165, 1.54) is 28.7 Å². The average molecular weight is 634 g/mol. The van der Waals surface area contributed by atoms with Gasteiger partial charge in [-0.05, 0) is 113 Å². The van der Waals surface area contributed by atoms with Crippen LogP contribution in [0.3, 0.4) is 0 Å². The number of carbonyl (C=O) groups excluding carboxylic acids is 2. The van der Waals surface area contributed by atoms with E-state index in [1.807, 2.05) is 25.1 Å². The number of aromatic nitrogens is 1. The monoisotopic (exact) mass is 633 g/mol. The molecule has 1 saturated carbocycles. The van der Waals surface area contributed by atoms with Crippen molar-refractivity contribution in [1.82, 2.24) is 9.88 Å². The lowest BCUT2D eigenvalue weighted by molar-refractivity contribution is -0.139. The summed E-state index contributed by atoms with van der Waals surface area (Å²) >= 11 is 0. The van der Waals surface area contributed by atoms with Gasteiger partial charge in [-0.25, -0.2) is 14.8 Å². The molecule has 1 saturated heterocycles. The number of anilines is 2. The molecule has 2 heterocycles. The number of hydrazone groups is 1. The van der Waals surface area contributed by atoms with Gasteiger partial charge in [0.25, 0.3) is 0 Å². The largest absolute Gasteiger partial charge is 0.463 e. The van der Waals surface area contributed by atoms with E-state index in [4.69, 9.17) is 9.72 Å². The molecule has 2 fully saturated rings. The number of likely N-dealkylation sites (tertiary alicyclic amines) is 1. The van der Waals surface area contributed by atoms with Crippen LogP contribution in [0.5, 0.6) is 0 Å². The number of rotatable bonds is 10. The van der Waals surface area contributed by atoms with Crippen LogP contribution in [0.2, 0.25) is 0 Å². The molecule has 3 aromatic rings. The maximum Gasteiger partial charge on any atom is 0.335 e. The number of nitrogens with zero attached hydrogens (tertiary/aromatic N) is 4. The van der Waals surface area contributed by atoms with E-state index >= 15 is 0 Å². The fraction of sp³-hybridized carbons (Fsp3) is 0.436. The quantitative estimate of drug-likeness (QED) is 0.106. The zero-order chi connectivity index (χ0) is 33.1. The van der Waals surface area contributed by atoms with E-state index in [-0.39, 0.29) is 17.9 Å². The van der Waals surface area contributed by atoms with Crippen LogP contribution in [0.4, 0.5) is 11.5 Å². The molecule has 1 aliphatic heterocycles. The fourth-order valence-corrected chi connectivity index (χ4v) is 7.28. The molecule has 0 bridgehead atoms. The third-order valence-electron chi connectivity index (χ3n) is 10.4. The molecule has 2 aliphatic carbocycles. The molecule has 3 aliphatic rings. The first-order valence-electron chi connectivity index (χ1n) is 17.2. The van der Waals surface area contributed by atoms with Gasteiger partial charge >= 0.3 is 5.97 Å². The summed E-state index contributed by atoms with van der Waals surface area (Å²) in [6, 6.07) is 19.3. The van der Waals surface area contributed by atoms with E-state index < -0.39 is 0 Å². The Bertz CT molecular complexity index is 1690. The molecule has 2 aromatic carbocycles. The SMILES string of the molecule is C=NN(/C(C)=C(\C)C(=O)OCC)c1cccc(-c2cccc3c2C(Nc2ccc(C4CCN(C(=O)C5CCC5)CC4)cc2C)CC3)n1. The van der Waals surface area contributed by atoms with Gasteiger partial charge in [0.2, 0.25) is 5.91 Å². The number of carbonyl (C=O) groups is 2. The van der Waals surface area contributed by atoms with Crippen LogP contribution in [0.15, 0.2) is 71.0 Å². The molecule has 1 unspecified atom stereocenters. The number of allylic oxidation sites excluding steroid dienone is 1. The van der Waals surface area contributed by atoms with Gasteiger partial charge in [-0.1, -0.05) is 42.8 Å². The fourth-order valence-electron chi connectivity index (χ4n) is 7.28. The lowest BCUT2D eigenvalue weighted by Crippen LogP contribution is -2.43. The van der Waals surface area contributed by atoms with Crippen molar-refractivity contribution in [2.45, 2.75) is 84.6 Å². The number of piperidine rings is 1. The third kappa shape index (κ3) is 6.69. The second-order valence-electron chi connectivity index (χ2n) is 13.2. The molecule has 1 amide bonds. The molecule has 1 atom stereocenters. The number of hydrogen-bond acceptors (Lipinski definition) is 7. The lowest BCUT2D eigenvalue weighted by atomic mass is 9.83. The van der Waals surface area contributed by atoms with Gasteiger partial charge in [-0.3, -0.25) is 4.79 Å². The molecule has 0 radical (unpaired) electrons. The minimum absolute atomic E-state index is 0.151. The number of pyridine rings is 1. The van der Waals surface area contributed by atoms with Gasteiger partial charge in [-0.2, -0.15) is 5.10 Å². The number of fused-ring (bicyclic) bond motifs is 1. The molecule has 8 heteroatoms. The summed E-state index contributed by atoms with van der Waals surface area (Å²) in [5, 5.41) is 9.67. The second-order valence-corrected chi connectivity index (χ2v) is 13.2. The van der Waals surface area contributed by atoms with Crippen LogP contribution in [0.1, 0.15) is 93.5 Å². The Labute approximate surface area is 278 Å². The first-order valence-corrected chi connectivity index (χ1v) is 17.2. The zero-order valence-corrected chi connectivity index (χ0v) is 28.2. The highest BCUT2D eigenvalue weighted by atomic mass is 16.5. The van der Waals surface area contributed by atoms with Gasteiger partial charge in [0, 0.05) is 37.0 Å². The molecule has 1 aromatic heterocycles. The topological polar surface area (TPSA) is 87.1 Å². The summed E-state index contributed by atoms with van der Waals surface area (Å²) in [7, 11) is 0. The highest BCUT2D eigenvalue weighted by Gasteiger charge is 2.32. The maximum absolute atomic E-state index is 12.7. The molecule has 47 heavy (non-hydrogen) atoms. The number of hydrogen-bond donors (Lipinski definition) is 1. The highest BCUT2D eigenvalue weighted by Crippen LogP contribution is 2.41. The smallest absolute Gasteiger partial charge is 0.335 e. The number of amides is 1. The minimum atomic E-state index is -0.381. The standard InChI is InChI=1S/C39H47N5O3/c1-6-47-39(46)26(3)27(4)44(40-5)36-15-9-14-34(42-36)32-13-8-10-29-16-19-35(37(29)32)41-33-18-17-31(24-25(33)2)28-20-22-43(23-21-28)38(45)30-11-7-12-30/h8-10,13-15,17-18,24,28,30,35,41H,5-7,11-12,16,19-23H2,1-4H3/b27-26+. The molecule has 0 spiro atoms. The van der Waals surface area contributed by atoms with Crippen molar-refractivity contribution in [1.29, 1.82) is 0 Å². The van der Waals surface area contributed by atoms with Crippen molar-refractivity contribution in [3.63, 3.8) is 0 Å². The summed E-state index contributed by atoms with van der Waals surface area (Å²) in [5.41, 5.74) is 9.39. The predicted molar refractivity (Wildman–Crippen MR) is 188 cm³/mol. The van der Waals surface area contributed by atoms with E-state index in [1.54, 1.807) is 18.9 Å². The normalized spacial score (nSPS) is 18.6. The van der Waals surface area contributed by atoms with Crippen LogP contribution in [0.25, 0.3) is 11.3 Å². The second kappa shape index (κ2) is 14.1. The summed E-state index contributed by atoms with van der Waals surface area (Å²) < 4.78 is 5.20. The number of ether oxygens (including phenoxy) is 1. The Morgan fingerprint density at radius 1 is 1.04 bits per heavy atom. The summed E-state index contributed by atoms with van der Waals surface area (Å²) in [6.07, 6.45) is 7.41. The first kappa shape index (κ1) is 32.5. The Balaban J connectivity index is 1.19. The van der Waals surface area contributed by atoms with Crippen LogP contribution < -0.4 is 10.3 Å². The molecular weight excluding hydrogens is 586 g/mol. The molecule has 1 N–H and O–H groups in total. The van der Waals surface area contributed by atoms with Crippen LogP contribution in [-0.2, 0) is 20.7 Å². The van der Waals surface area contributed by atoms with Crippen molar-refractivity contribution in [2.75, 3.05) is 30.0 Å². The van der Waals surface area contributed by atoms with Gasteiger partial charge < -0.3 is 15.0 Å². The van der Waals surface area contributed by atoms with Gasteiger partial charge in [-0.15, -0.1) is 0 Å². The number of benzene rings is 2. The summed E-state index contributed by atoms with van der Waals surface area (Å²) in [5.74, 6) is 1.37. The van der Waals surface area contributed by atoms with Gasteiger partial charge in [0.15, 0.2) is 5.82 Å². The van der Waals surface area contributed by atoms with Crippen molar-refractivity contribution < 1.29 is 14.3 Å². The Morgan fingerprint density at radius 3 is 2.49 bits per heavy atom. The van der Waals surface area contributed by atoms with Crippen molar-refractivity contribution in [3.8, 4) is 11.3 Å². The van der Waals surface area contributed by atoms with Crippen LogP contribution in [-0.4, -0.2) is 48.2 Å². The first-order chi connectivity index (χ1) is 22.8. The summed E-state index contributed by atoms with van der Waals surface area (Å²) in [6.45, 7) is 13.3. The zero-order valence-electron chi connectivity index (χ0n) is 28.2. The lowest BCUT2D eigenvalue weighted by Gasteiger charge is -2.36. The maximum atomic E-state index is 12.7. The Kier molecular flexibility index (Phi) is 9.76. The van der Waals surface area contributed by atoms with E-state index in [0.717, 1.165) is 68.6 Å². The van der Waals surface area contributed by atoms with Crippen molar-refractivity contribution in [3.05, 3.63) is 88.1 Å². The molecule has 246 valence electrons. The van der Waals surface area contributed by atoms with E-state index in [0.29, 0.717) is 35.5 Å². The van der Waals surface area contributed by atoms with Crippen LogP contribution >= 0.6 is 0 Å². The number of aryl methyl sites for hydroxylation is 2. The average Bonchev–Trinajstić information content (AvgIpc) is 3.48. The van der Waals surface area contributed by atoms with Gasteiger partial charge in [0.1, 0.15) is 0 Å². The van der Waals surface area contributed by atoms with Crippen molar-refractivity contribution >= 4 is 30.1 Å². The molecule has 8 nitrogen and oxygen atoms in total. The minimum Gasteiger partial charge on any atom is -0.463 e. The van der Waals surface area contributed by atoms with Crippen molar-refractivity contribution in [2.24, 2.45) is 11.0 Å². The van der Waals surface area contributed by atoms with E-state index in [9.17, 15) is 9.59 Å². The highest BCUT2D eigenvalue weighted by molar-refractivity contribution is 5.89. The molecule has 6 rings (SSSR count). The Morgan fingerprint density at radius 2 is 1.81 bits per heavy atom. The number of esters is 1. The van der Waals surface area contributed by atoms with E-state index in [2.05, 4.69) is 65.4 Å². The van der Waals surface area contributed by atoms with Crippen LogP contribution in [0, 0.1) is 12.8 Å².